The highest BCUT2D eigenvalue weighted by atomic mass is 28.3. The van der Waals surface area contributed by atoms with Gasteiger partial charge in [0.2, 0.25) is 5.91 Å². The molecule has 168 valence electrons. The second-order valence-corrected chi connectivity index (χ2v) is 16.2. The molecule has 0 unspecified atom stereocenters. The van der Waals surface area contributed by atoms with Crippen molar-refractivity contribution in [2.24, 2.45) is 0 Å². The molecule has 1 saturated carbocycles. The number of aromatic amines is 1. The van der Waals surface area contributed by atoms with Gasteiger partial charge in [0, 0.05) is 22.2 Å². The molecular weight excluding hydrogens is 418 g/mol. The maximum absolute atomic E-state index is 13.6. The number of benzene rings is 1. The quantitative estimate of drug-likeness (QED) is 0.533. The molecule has 2 aliphatic rings. The minimum atomic E-state index is -1.69. The standard InChI is InChI=1S/C24H31N5O2Si/c1-23(2)19-17(15-29(23)22(31)28-14-11-16-9-6-7-10-18(16)28)20(27-26-19)25-21(30)24(12-8-13-24)32(3,4)5/h6-7,9-11,14H,8,12-13,15H2,1-5H3,(H2,25,26,27,30). The van der Waals surface area contributed by atoms with Gasteiger partial charge in [-0.05, 0) is 38.8 Å². The topological polar surface area (TPSA) is 83.0 Å². The number of hydrogen-bond donors (Lipinski definition) is 2. The van der Waals surface area contributed by atoms with Gasteiger partial charge in [0.25, 0.3) is 0 Å². The van der Waals surface area contributed by atoms with Gasteiger partial charge in [-0.25, -0.2) is 4.79 Å². The lowest BCUT2D eigenvalue weighted by Gasteiger charge is -2.48. The summed E-state index contributed by atoms with van der Waals surface area (Å²) in [5.41, 5.74) is 2.10. The van der Waals surface area contributed by atoms with Crippen LogP contribution in [-0.2, 0) is 16.9 Å². The van der Waals surface area contributed by atoms with Gasteiger partial charge in [-0.3, -0.25) is 14.5 Å². The fraction of sp³-hybridized carbons (Fsp3) is 0.458. The third-order valence-electron chi connectivity index (χ3n) is 7.82. The number of para-hydroxylation sites is 1. The predicted molar refractivity (Wildman–Crippen MR) is 128 cm³/mol. The molecule has 0 atom stereocenters. The summed E-state index contributed by atoms with van der Waals surface area (Å²) in [6.07, 6.45) is 4.84. The van der Waals surface area contributed by atoms with E-state index in [4.69, 9.17) is 0 Å². The molecule has 2 N–H and O–H groups in total. The van der Waals surface area contributed by atoms with E-state index < -0.39 is 13.6 Å². The van der Waals surface area contributed by atoms with Crippen LogP contribution in [0.2, 0.25) is 24.7 Å². The Morgan fingerprint density at radius 3 is 2.50 bits per heavy atom. The lowest BCUT2D eigenvalue weighted by molar-refractivity contribution is -0.121. The SMILES string of the molecule is CC1(C)c2[nH]nc(NC(=O)C3([Si](C)(C)C)CCC3)c2CN1C(=O)n1ccc2ccccc21. The summed E-state index contributed by atoms with van der Waals surface area (Å²) < 4.78 is 1.70. The van der Waals surface area contributed by atoms with E-state index in [1.54, 1.807) is 4.57 Å². The van der Waals surface area contributed by atoms with Crippen molar-refractivity contribution in [2.75, 3.05) is 5.32 Å². The minimum absolute atomic E-state index is 0.0874. The monoisotopic (exact) mass is 449 g/mol. The van der Waals surface area contributed by atoms with Crippen LogP contribution < -0.4 is 5.32 Å². The van der Waals surface area contributed by atoms with Crippen LogP contribution in [0.3, 0.4) is 0 Å². The number of carbonyl (C=O) groups is 2. The average molecular weight is 450 g/mol. The molecule has 0 saturated heterocycles. The predicted octanol–water partition coefficient (Wildman–Crippen LogP) is 5.28. The summed E-state index contributed by atoms with van der Waals surface area (Å²) in [7, 11) is -1.69. The fourth-order valence-electron chi connectivity index (χ4n) is 5.38. The Balaban J connectivity index is 1.44. The van der Waals surface area contributed by atoms with Gasteiger partial charge in [0.15, 0.2) is 5.82 Å². The zero-order valence-electron chi connectivity index (χ0n) is 19.5. The summed E-state index contributed by atoms with van der Waals surface area (Å²) in [6, 6.07) is 9.74. The third-order valence-corrected chi connectivity index (χ3v) is 11.4. The summed E-state index contributed by atoms with van der Waals surface area (Å²) in [5, 5.41) is 11.5. The van der Waals surface area contributed by atoms with Gasteiger partial charge >= 0.3 is 6.03 Å². The molecule has 7 nitrogen and oxygen atoms in total. The van der Waals surface area contributed by atoms with Crippen molar-refractivity contribution in [1.29, 1.82) is 0 Å². The smallest absolute Gasteiger partial charge is 0.309 e. The lowest BCUT2D eigenvalue weighted by atomic mass is 9.83. The zero-order chi connectivity index (χ0) is 22.9. The average Bonchev–Trinajstić information content (AvgIpc) is 3.33. The minimum Gasteiger partial charge on any atom is -0.309 e. The molecule has 2 aromatic heterocycles. The van der Waals surface area contributed by atoms with Gasteiger partial charge in [-0.1, -0.05) is 44.3 Å². The maximum atomic E-state index is 13.6. The Labute approximate surface area is 189 Å². The molecule has 2 amide bonds. The van der Waals surface area contributed by atoms with E-state index in [9.17, 15) is 9.59 Å². The van der Waals surface area contributed by atoms with Crippen LogP contribution in [0.15, 0.2) is 36.5 Å². The molecule has 0 radical (unpaired) electrons. The van der Waals surface area contributed by atoms with E-state index in [0.717, 1.165) is 41.4 Å². The molecule has 3 aromatic rings. The normalized spacial score (nSPS) is 19.0. The van der Waals surface area contributed by atoms with E-state index >= 15 is 0 Å². The largest absolute Gasteiger partial charge is 0.329 e. The van der Waals surface area contributed by atoms with E-state index in [-0.39, 0.29) is 17.0 Å². The molecule has 8 heteroatoms. The first-order valence-electron chi connectivity index (χ1n) is 11.3. The number of rotatable bonds is 3. The molecule has 32 heavy (non-hydrogen) atoms. The highest BCUT2D eigenvalue weighted by Gasteiger charge is 2.54. The number of nitrogens with one attached hydrogen (secondary N) is 2. The Morgan fingerprint density at radius 2 is 1.84 bits per heavy atom. The van der Waals surface area contributed by atoms with Gasteiger partial charge in [-0.15, -0.1) is 0 Å². The molecular formula is C24H31N5O2Si. The molecule has 1 fully saturated rings. The van der Waals surface area contributed by atoms with Crippen molar-refractivity contribution in [3.8, 4) is 0 Å². The number of amides is 2. The zero-order valence-corrected chi connectivity index (χ0v) is 20.5. The van der Waals surface area contributed by atoms with Crippen molar-refractivity contribution in [3.63, 3.8) is 0 Å². The van der Waals surface area contributed by atoms with Crippen molar-refractivity contribution in [2.45, 2.75) is 69.9 Å². The van der Waals surface area contributed by atoms with Crippen molar-refractivity contribution < 1.29 is 9.59 Å². The van der Waals surface area contributed by atoms with Crippen LogP contribution in [0.25, 0.3) is 10.9 Å². The number of nitrogens with zero attached hydrogens (tertiary/aromatic N) is 3. The molecule has 3 heterocycles. The number of H-pyrrole nitrogens is 1. The molecule has 5 rings (SSSR count). The first-order chi connectivity index (χ1) is 15.1. The molecule has 1 aromatic carbocycles. The van der Waals surface area contributed by atoms with E-state index in [1.807, 2.05) is 55.3 Å². The fourth-order valence-corrected chi connectivity index (χ4v) is 7.98. The highest BCUT2D eigenvalue weighted by Crippen LogP contribution is 2.56. The molecule has 1 aliphatic heterocycles. The van der Waals surface area contributed by atoms with Gasteiger partial charge in [0.05, 0.1) is 31.4 Å². The Kier molecular flexibility index (Phi) is 4.47. The number of hydrogen-bond acceptors (Lipinski definition) is 3. The van der Waals surface area contributed by atoms with E-state index in [1.165, 1.54) is 0 Å². The van der Waals surface area contributed by atoms with Crippen LogP contribution >= 0.6 is 0 Å². The number of aromatic nitrogens is 3. The molecule has 0 spiro atoms. The maximum Gasteiger partial charge on any atom is 0.329 e. The van der Waals surface area contributed by atoms with Crippen LogP contribution in [0, 0.1) is 0 Å². The Morgan fingerprint density at radius 1 is 1.12 bits per heavy atom. The summed E-state index contributed by atoms with van der Waals surface area (Å²) in [4.78, 5) is 28.8. The van der Waals surface area contributed by atoms with Crippen molar-refractivity contribution in [3.05, 3.63) is 47.8 Å². The number of anilines is 1. The number of fused-ring (bicyclic) bond motifs is 2. The lowest BCUT2D eigenvalue weighted by Crippen LogP contribution is -2.52. The Hall–Kier alpha value is -2.87. The molecule has 0 bridgehead atoms. The second-order valence-electron chi connectivity index (χ2n) is 10.7. The van der Waals surface area contributed by atoms with E-state index in [2.05, 4.69) is 35.2 Å². The second kappa shape index (κ2) is 6.81. The van der Waals surface area contributed by atoms with Crippen molar-refractivity contribution in [1.82, 2.24) is 19.7 Å². The highest BCUT2D eigenvalue weighted by molar-refractivity contribution is 6.83. The Bertz CT molecular complexity index is 1230. The first-order valence-corrected chi connectivity index (χ1v) is 14.8. The third kappa shape index (κ3) is 2.81. The van der Waals surface area contributed by atoms with Crippen molar-refractivity contribution >= 4 is 36.7 Å². The summed E-state index contributed by atoms with van der Waals surface area (Å²) in [5.74, 6) is 0.659. The van der Waals surface area contributed by atoms with Crippen LogP contribution in [0.1, 0.15) is 44.4 Å². The summed E-state index contributed by atoms with van der Waals surface area (Å²) >= 11 is 0. The van der Waals surface area contributed by atoms with E-state index in [0.29, 0.717) is 12.4 Å². The summed E-state index contributed by atoms with van der Waals surface area (Å²) in [6.45, 7) is 11.2. The van der Waals surface area contributed by atoms with Crippen LogP contribution in [0.4, 0.5) is 10.6 Å². The van der Waals surface area contributed by atoms with Crippen LogP contribution in [-0.4, -0.2) is 39.7 Å². The van der Waals surface area contributed by atoms with Gasteiger partial charge < -0.3 is 10.2 Å². The molecule has 1 aliphatic carbocycles. The van der Waals surface area contributed by atoms with Gasteiger partial charge in [0.1, 0.15) is 0 Å². The number of carbonyl (C=O) groups excluding carboxylic acids is 2. The van der Waals surface area contributed by atoms with Gasteiger partial charge in [-0.2, -0.15) is 5.10 Å². The van der Waals surface area contributed by atoms with Crippen LogP contribution in [0.5, 0.6) is 0 Å². The first kappa shape index (κ1) is 21.0.